The van der Waals surface area contributed by atoms with Crippen molar-refractivity contribution >= 4 is 62.0 Å². The highest BCUT2D eigenvalue weighted by Crippen LogP contribution is 2.40. The largest absolute Gasteiger partial charge is 0.492 e. The van der Waals surface area contributed by atoms with Crippen molar-refractivity contribution < 1.29 is 14.5 Å². The predicted molar refractivity (Wildman–Crippen MR) is 170 cm³/mol. The molecule has 4 nitrogen and oxygen atoms in total. The van der Waals surface area contributed by atoms with Crippen molar-refractivity contribution in [3.05, 3.63) is 121 Å². The molecular weight excluding hydrogens is 505 g/mol. The molecule has 0 fully saturated rings. The van der Waals surface area contributed by atoms with E-state index in [1.165, 1.54) is 33.1 Å². The lowest BCUT2D eigenvalue weighted by atomic mass is 9.79. The smallest absolute Gasteiger partial charge is 0.456 e. The van der Waals surface area contributed by atoms with Gasteiger partial charge in [-0.25, -0.2) is 0 Å². The van der Waals surface area contributed by atoms with E-state index in [1.54, 1.807) is 6.07 Å². The zero-order chi connectivity index (χ0) is 27.5. The van der Waals surface area contributed by atoms with Crippen molar-refractivity contribution in [3.63, 3.8) is 0 Å². The number of hydrogen-bond acceptors (Lipinski definition) is 3. The number of aromatic nitrogens is 1. The summed E-state index contributed by atoms with van der Waals surface area (Å²) in [5.41, 5.74) is 9.54. The molecule has 1 aliphatic rings. The average molecular weight is 531 g/mol. The highest BCUT2D eigenvalue weighted by Gasteiger charge is 2.21. The fourth-order valence-electron chi connectivity index (χ4n) is 6.32. The minimum absolute atomic E-state index is 0.366. The van der Waals surface area contributed by atoms with Crippen molar-refractivity contribution in [2.75, 3.05) is 0 Å². The SMILES string of the molecule is OB(O)c1cccc2c1oc1c(-c3ccc4c(c3)c3cc(-c5ccccc5)ccc3n4C3=CCCC=C3)cccc12. The summed E-state index contributed by atoms with van der Waals surface area (Å²) < 4.78 is 8.73. The minimum Gasteiger partial charge on any atom is -0.456 e. The first kappa shape index (κ1) is 24.0. The van der Waals surface area contributed by atoms with Crippen LogP contribution in [0.5, 0.6) is 0 Å². The van der Waals surface area contributed by atoms with Gasteiger partial charge in [0.25, 0.3) is 0 Å². The first-order valence-corrected chi connectivity index (χ1v) is 14.0. The summed E-state index contributed by atoms with van der Waals surface area (Å²) in [5.74, 6) is 0. The van der Waals surface area contributed by atoms with E-state index in [4.69, 9.17) is 4.42 Å². The normalized spacial score (nSPS) is 13.5. The molecule has 196 valence electrons. The Morgan fingerprint density at radius 2 is 1.32 bits per heavy atom. The quantitative estimate of drug-likeness (QED) is 0.227. The Kier molecular flexibility index (Phi) is 5.49. The Balaban J connectivity index is 1.40. The van der Waals surface area contributed by atoms with Gasteiger partial charge in [-0.15, -0.1) is 0 Å². The predicted octanol–water partition coefficient (Wildman–Crippen LogP) is 7.90. The Hall–Kier alpha value is -4.84. The second kappa shape index (κ2) is 9.38. The highest BCUT2D eigenvalue weighted by atomic mass is 16.4. The molecule has 5 heteroatoms. The van der Waals surface area contributed by atoms with Gasteiger partial charge < -0.3 is 19.0 Å². The number of para-hydroxylation sites is 2. The molecule has 0 amide bonds. The maximum atomic E-state index is 9.95. The lowest BCUT2D eigenvalue weighted by molar-refractivity contribution is 0.425. The summed E-state index contributed by atoms with van der Waals surface area (Å²) in [5, 5.41) is 24.1. The van der Waals surface area contributed by atoms with Gasteiger partial charge in [0.15, 0.2) is 0 Å². The molecule has 2 heterocycles. The molecule has 41 heavy (non-hydrogen) atoms. The van der Waals surface area contributed by atoms with E-state index in [1.807, 2.05) is 30.3 Å². The summed E-state index contributed by atoms with van der Waals surface area (Å²) >= 11 is 0. The van der Waals surface area contributed by atoms with Crippen LogP contribution in [-0.4, -0.2) is 21.7 Å². The van der Waals surface area contributed by atoms with Gasteiger partial charge in [0.1, 0.15) is 11.2 Å². The van der Waals surface area contributed by atoms with E-state index >= 15 is 0 Å². The first-order chi connectivity index (χ1) is 20.2. The highest BCUT2D eigenvalue weighted by molar-refractivity contribution is 6.61. The van der Waals surface area contributed by atoms with E-state index in [9.17, 15) is 10.0 Å². The second-order valence-electron chi connectivity index (χ2n) is 10.7. The van der Waals surface area contributed by atoms with Crippen LogP contribution in [0, 0.1) is 0 Å². The van der Waals surface area contributed by atoms with Crippen LogP contribution in [0.1, 0.15) is 12.8 Å². The molecule has 7 aromatic rings. The van der Waals surface area contributed by atoms with Crippen LogP contribution in [0.3, 0.4) is 0 Å². The zero-order valence-electron chi connectivity index (χ0n) is 22.3. The third-order valence-electron chi connectivity index (χ3n) is 8.25. The summed E-state index contributed by atoms with van der Waals surface area (Å²) in [6.07, 6.45) is 8.90. The molecule has 0 bridgehead atoms. The van der Waals surface area contributed by atoms with Crippen molar-refractivity contribution in [1.29, 1.82) is 0 Å². The molecule has 8 rings (SSSR count). The summed E-state index contributed by atoms with van der Waals surface area (Å²) in [4.78, 5) is 0. The molecular formula is C36H26BNO3. The average Bonchev–Trinajstić information content (AvgIpc) is 3.57. The number of nitrogens with zero attached hydrogens (tertiary/aromatic N) is 1. The molecule has 0 radical (unpaired) electrons. The summed E-state index contributed by atoms with van der Waals surface area (Å²) in [6, 6.07) is 35.5. The van der Waals surface area contributed by atoms with Crippen LogP contribution < -0.4 is 5.46 Å². The van der Waals surface area contributed by atoms with Crippen LogP contribution >= 0.6 is 0 Å². The number of hydrogen-bond donors (Lipinski definition) is 2. The molecule has 0 saturated carbocycles. The number of benzene rings is 5. The molecule has 0 atom stereocenters. The fraction of sp³-hybridized carbons (Fsp3) is 0.0556. The summed E-state index contributed by atoms with van der Waals surface area (Å²) in [6.45, 7) is 0. The monoisotopic (exact) mass is 531 g/mol. The minimum atomic E-state index is -1.60. The third kappa shape index (κ3) is 3.78. The van der Waals surface area contributed by atoms with E-state index in [0.29, 0.717) is 11.0 Å². The lowest BCUT2D eigenvalue weighted by Gasteiger charge is -2.12. The van der Waals surface area contributed by atoms with Gasteiger partial charge in [-0.05, 0) is 59.9 Å². The van der Waals surface area contributed by atoms with Crippen molar-refractivity contribution in [2.45, 2.75) is 12.8 Å². The molecule has 0 spiro atoms. The number of allylic oxidation sites excluding steroid dienone is 4. The lowest BCUT2D eigenvalue weighted by Crippen LogP contribution is -2.29. The van der Waals surface area contributed by atoms with Crippen LogP contribution in [-0.2, 0) is 0 Å². The van der Waals surface area contributed by atoms with E-state index in [2.05, 4.69) is 89.5 Å². The number of furan rings is 1. The van der Waals surface area contributed by atoms with Gasteiger partial charge in [-0.2, -0.15) is 0 Å². The number of fused-ring (bicyclic) bond motifs is 6. The van der Waals surface area contributed by atoms with Gasteiger partial charge in [0.05, 0.1) is 11.0 Å². The molecule has 1 aliphatic carbocycles. The maximum absolute atomic E-state index is 9.95. The Morgan fingerprint density at radius 3 is 2.05 bits per heavy atom. The van der Waals surface area contributed by atoms with Crippen molar-refractivity contribution in [2.24, 2.45) is 0 Å². The molecule has 2 N–H and O–H groups in total. The van der Waals surface area contributed by atoms with Crippen molar-refractivity contribution in [3.8, 4) is 22.3 Å². The van der Waals surface area contributed by atoms with Gasteiger partial charge in [0, 0.05) is 38.3 Å². The fourth-order valence-corrected chi connectivity index (χ4v) is 6.32. The molecule has 0 unspecified atom stereocenters. The molecule has 2 aromatic heterocycles. The zero-order valence-corrected chi connectivity index (χ0v) is 22.3. The van der Waals surface area contributed by atoms with Gasteiger partial charge in [0.2, 0.25) is 0 Å². The Bertz CT molecular complexity index is 2180. The van der Waals surface area contributed by atoms with Crippen molar-refractivity contribution in [1.82, 2.24) is 4.57 Å². The van der Waals surface area contributed by atoms with Crippen LogP contribution in [0.2, 0.25) is 0 Å². The Labute approximate surface area is 237 Å². The van der Waals surface area contributed by atoms with E-state index in [-0.39, 0.29) is 0 Å². The van der Waals surface area contributed by atoms with Gasteiger partial charge >= 0.3 is 7.12 Å². The summed E-state index contributed by atoms with van der Waals surface area (Å²) in [7, 11) is -1.60. The van der Waals surface area contributed by atoms with Crippen LogP contribution in [0.15, 0.2) is 126 Å². The third-order valence-corrected chi connectivity index (χ3v) is 8.25. The second-order valence-corrected chi connectivity index (χ2v) is 10.7. The topological polar surface area (TPSA) is 58.5 Å². The maximum Gasteiger partial charge on any atom is 0.492 e. The van der Waals surface area contributed by atoms with E-state index in [0.717, 1.165) is 45.8 Å². The standard InChI is InChI=1S/C36H26BNO3/c39-37(40)32-16-8-15-29-28-14-7-13-27(35(28)41-36(29)32)25-18-20-34-31(22-25)30-21-24(23-9-3-1-4-10-23)17-19-33(30)38(34)26-11-5-2-6-12-26/h1,3-5,7-22,39-40H,2,6H2. The van der Waals surface area contributed by atoms with E-state index < -0.39 is 7.12 Å². The Morgan fingerprint density at radius 1 is 0.610 bits per heavy atom. The molecule has 0 aliphatic heterocycles. The first-order valence-electron chi connectivity index (χ1n) is 14.0. The van der Waals surface area contributed by atoms with Crippen LogP contribution in [0.25, 0.3) is 71.7 Å². The van der Waals surface area contributed by atoms with Gasteiger partial charge in [-0.3, -0.25) is 0 Å². The molecule has 0 saturated heterocycles. The van der Waals surface area contributed by atoms with Crippen LogP contribution in [0.4, 0.5) is 0 Å². The van der Waals surface area contributed by atoms with Gasteiger partial charge in [-0.1, -0.05) is 91.0 Å². The molecule has 5 aromatic carbocycles. The number of rotatable bonds is 4.